The quantitative estimate of drug-likeness (QED) is 0.537. The number of ketones is 1. The summed E-state index contributed by atoms with van der Waals surface area (Å²) in [5, 5.41) is 2.91. The van der Waals surface area contributed by atoms with Crippen LogP contribution in [-0.2, 0) is 9.59 Å². The standard InChI is InChI=1S/C28H41FN2O3.FH.H2/c1-18(2)25(32)24(19-11-7-6-8-12-19)30-26(33)22-15-9-14-21(23(22)29)20-13-10-16-31(17-20)27(34)28(3,4)5;;/h9,14-15,18-20,24H,6-8,10-13,16-17H2,1-5H3,(H,30,33);2*1H/t20?,24-;;/m1../s1. The van der Waals surface area contributed by atoms with Crippen LogP contribution in [0.2, 0.25) is 0 Å². The van der Waals surface area contributed by atoms with Crippen LogP contribution in [0.1, 0.15) is 103 Å². The number of piperidine rings is 1. The average Bonchev–Trinajstić information content (AvgIpc) is 2.81. The van der Waals surface area contributed by atoms with Crippen LogP contribution in [0.25, 0.3) is 0 Å². The van der Waals surface area contributed by atoms with E-state index in [2.05, 4.69) is 5.32 Å². The maximum absolute atomic E-state index is 15.7. The third-order valence-corrected chi connectivity index (χ3v) is 7.35. The first-order chi connectivity index (χ1) is 16.0. The van der Waals surface area contributed by atoms with E-state index in [9.17, 15) is 14.4 Å². The highest BCUT2D eigenvalue weighted by atomic mass is 19.1. The van der Waals surface area contributed by atoms with Gasteiger partial charge in [-0.1, -0.05) is 66.0 Å². The molecule has 1 N–H and O–H groups in total. The molecule has 0 bridgehead atoms. The molecule has 2 amide bonds. The largest absolute Gasteiger partial charge is 0.342 e. The first-order valence-corrected chi connectivity index (χ1v) is 12.9. The molecule has 35 heavy (non-hydrogen) atoms. The first kappa shape index (κ1) is 28.9. The molecule has 1 saturated carbocycles. The van der Waals surface area contributed by atoms with Gasteiger partial charge in [0.15, 0.2) is 5.78 Å². The molecule has 0 spiro atoms. The van der Waals surface area contributed by atoms with Gasteiger partial charge in [-0.05, 0) is 43.2 Å². The van der Waals surface area contributed by atoms with Crippen molar-refractivity contribution in [3.8, 4) is 0 Å². The molecule has 5 nitrogen and oxygen atoms in total. The molecular formula is C28H44F2N2O3. The minimum absolute atomic E-state index is 0. The van der Waals surface area contributed by atoms with Gasteiger partial charge >= 0.3 is 0 Å². The Labute approximate surface area is 210 Å². The van der Waals surface area contributed by atoms with Gasteiger partial charge in [0, 0.05) is 31.8 Å². The van der Waals surface area contributed by atoms with E-state index in [4.69, 9.17) is 0 Å². The number of carbonyl (C=O) groups is 3. The van der Waals surface area contributed by atoms with Gasteiger partial charge in [-0.2, -0.15) is 0 Å². The second kappa shape index (κ2) is 12.1. The minimum atomic E-state index is -0.578. The Morgan fingerprint density at radius 1 is 1.06 bits per heavy atom. The fourth-order valence-electron chi connectivity index (χ4n) is 5.40. The minimum Gasteiger partial charge on any atom is -0.342 e. The summed E-state index contributed by atoms with van der Waals surface area (Å²) in [5.41, 5.74) is -0.0307. The van der Waals surface area contributed by atoms with Gasteiger partial charge in [0.05, 0.1) is 11.6 Å². The smallest absolute Gasteiger partial charge is 0.254 e. The molecule has 3 rings (SSSR count). The second-order valence-corrected chi connectivity index (χ2v) is 11.5. The van der Waals surface area contributed by atoms with Gasteiger partial charge in [0.2, 0.25) is 5.91 Å². The lowest BCUT2D eigenvalue weighted by Crippen LogP contribution is -2.48. The Morgan fingerprint density at radius 2 is 1.71 bits per heavy atom. The van der Waals surface area contributed by atoms with Crippen LogP contribution in [0.4, 0.5) is 9.09 Å². The summed E-state index contributed by atoms with van der Waals surface area (Å²) in [7, 11) is 0. The van der Waals surface area contributed by atoms with Crippen molar-refractivity contribution < 1.29 is 24.9 Å². The molecule has 1 aromatic rings. The number of amides is 2. The van der Waals surface area contributed by atoms with Gasteiger partial charge in [0.25, 0.3) is 5.91 Å². The highest BCUT2D eigenvalue weighted by molar-refractivity contribution is 5.98. The number of Topliss-reactive ketones (excluding diaryl/α,β-unsaturated/α-hetero) is 1. The van der Waals surface area contributed by atoms with Gasteiger partial charge in [0.1, 0.15) is 5.82 Å². The molecule has 1 aliphatic heterocycles. The Morgan fingerprint density at radius 3 is 2.31 bits per heavy atom. The molecule has 1 saturated heterocycles. The van der Waals surface area contributed by atoms with Gasteiger partial charge in [-0.15, -0.1) is 0 Å². The second-order valence-electron chi connectivity index (χ2n) is 11.5. The van der Waals surface area contributed by atoms with Crippen LogP contribution in [0.5, 0.6) is 0 Å². The zero-order valence-corrected chi connectivity index (χ0v) is 21.9. The van der Waals surface area contributed by atoms with Crippen LogP contribution in [0, 0.1) is 23.1 Å². The SMILES string of the molecule is CC(C)C(=O)[C@H](NC(=O)c1cccc(C2CCCN(C(=O)C(C)(C)C)C2)c1F)C1CCCCC1.F.[HH]. The number of nitrogens with zero attached hydrogens (tertiary/aromatic N) is 1. The summed E-state index contributed by atoms with van der Waals surface area (Å²) in [6.45, 7) is 10.5. The van der Waals surface area contributed by atoms with Crippen LogP contribution < -0.4 is 5.32 Å². The lowest BCUT2D eigenvalue weighted by atomic mass is 9.80. The monoisotopic (exact) mass is 494 g/mol. The van der Waals surface area contributed by atoms with Crippen molar-refractivity contribution in [2.75, 3.05) is 13.1 Å². The zero-order chi connectivity index (χ0) is 25.0. The van der Waals surface area contributed by atoms with Crippen molar-refractivity contribution in [1.82, 2.24) is 10.2 Å². The molecule has 7 heteroatoms. The third-order valence-electron chi connectivity index (χ3n) is 7.35. The summed E-state index contributed by atoms with van der Waals surface area (Å²) in [4.78, 5) is 40.8. The fraction of sp³-hybridized carbons (Fsp3) is 0.679. The number of hydrogen-bond donors (Lipinski definition) is 1. The highest BCUT2D eigenvalue weighted by Crippen LogP contribution is 2.33. The predicted octanol–water partition coefficient (Wildman–Crippen LogP) is 5.88. The maximum Gasteiger partial charge on any atom is 0.254 e. The molecule has 1 aliphatic carbocycles. The molecule has 1 aromatic carbocycles. The number of likely N-dealkylation sites (tertiary alicyclic amines) is 1. The summed E-state index contributed by atoms with van der Waals surface area (Å²) < 4.78 is 15.7. The van der Waals surface area contributed by atoms with E-state index >= 15 is 4.39 Å². The molecule has 1 heterocycles. The topological polar surface area (TPSA) is 66.5 Å². The van der Waals surface area contributed by atoms with E-state index in [1.165, 1.54) is 6.07 Å². The average molecular weight is 495 g/mol. The number of carbonyl (C=O) groups excluding carboxylic acids is 3. The zero-order valence-electron chi connectivity index (χ0n) is 21.9. The van der Waals surface area contributed by atoms with E-state index in [-0.39, 0.29) is 41.1 Å². The van der Waals surface area contributed by atoms with Crippen LogP contribution >= 0.6 is 0 Å². The Hall–Kier alpha value is -2.31. The van der Waals surface area contributed by atoms with Crippen molar-refractivity contribution in [2.45, 2.75) is 91.5 Å². The van der Waals surface area contributed by atoms with Crippen molar-refractivity contribution in [2.24, 2.45) is 17.3 Å². The van der Waals surface area contributed by atoms with Crippen LogP contribution in [0.15, 0.2) is 18.2 Å². The number of halogens is 2. The fourth-order valence-corrected chi connectivity index (χ4v) is 5.40. The molecule has 2 aliphatic rings. The molecule has 2 fully saturated rings. The number of benzene rings is 1. The van der Waals surface area contributed by atoms with Crippen molar-refractivity contribution in [3.05, 3.63) is 35.1 Å². The predicted molar refractivity (Wildman–Crippen MR) is 137 cm³/mol. The summed E-state index contributed by atoms with van der Waals surface area (Å²) in [6, 6.07) is 4.34. The highest BCUT2D eigenvalue weighted by Gasteiger charge is 2.35. The number of rotatable bonds is 6. The molecule has 0 radical (unpaired) electrons. The van der Waals surface area contributed by atoms with Gasteiger partial charge in [-0.25, -0.2) is 4.39 Å². The molecule has 198 valence electrons. The molecule has 1 unspecified atom stereocenters. The lowest BCUT2D eigenvalue weighted by molar-refractivity contribution is -0.140. The third kappa shape index (κ3) is 6.89. The number of nitrogens with one attached hydrogen (secondary N) is 1. The molecule has 2 atom stereocenters. The van der Waals surface area contributed by atoms with E-state index in [0.29, 0.717) is 18.7 Å². The van der Waals surface area contributed by atoms with E-state index in [1.807, 2.05) is 39.5 Å². The van der Waals surface area contributed by atoms with Crippen LogP contribution in [0.3, 0.4) is 0 Å². The van der Waals surface area contributed by atoms with E-state index < -0.39 is 23.2 Å². The van der Waals surface area contributed by atoms with Crippen molar-refractivity contribution in [1.29, 1.82) is 0 Å². The molecular weight excluding hydrogens is 450 g/mol. The summed E-state index contributed by atoms with van der Waals surface area (Å²) in [5.74, 6) is -1.23. The van der Waals surface area contributed by atoms with Gasteiger partial charge in [-0.3, -0.25) is 19.1 Å². The summed E-state index contributed by atoms with van der Waals surface area (Å²) in [6.07, 6.45) is 6.65. The van der Waals surface area contributed by atoms with Crippen molar-refractivity contribution >= 4 is 17.6 Å². The Bertz CT molecular complexity index is 911. The summed E-state index contributed by atoms with van der Waals surface area (Å²) >= 11 is 0. The number of hydrogen-bond acceptors (Lipinski definition) is 3. The van der Waals surface area contributed by atoms with E-state index in [1.54, 1.807) is 12.1 Å². The normalized spacial score (nSPS) is 20.2. The van der Waals surface area contributed by atoms with Crippen molar-refractivity contribution in [3.63, 3.8) is 0 Å². The molecule has 0 aromatic heterocycles. The lowest BCUT2D eigenvalue weighted by Gasteiger charge is -2.37. The maximum atomic E-state index is 15.7. The van der Waals surface area contributed by atoms with Crippen LogP contribution in [-0.4, -0.2) is 41.6 Å². The first-order valence-electron chi connectivity index (χ1n) is 12.9. The van der Waals surface area contributed by atoms with Gasteiger partial charge < -0.3 is 10.2 Å². The Kier molecular flexibility index (Phi) is 9.99. The Balaban J connectivity index is 0.00000324. The van der Waals surface area contributed by atoms with E-state index in [0.717, 1.165) is 44.9 Å².